The fourth-order valence-corrected chi connectivity index (χ4v) is 3.96. The van der Waals surface area contributed by atoms with Gasteiger partial charge in [-0.15, -0.1) is 0 Å². The highest BCUT2D eigenvalue weighted by Crippen LogP contribution is 2.39. The molecule has 1 aliphatic rings. The SMILES string of the molecule is CNc1cc(C(Cc2c[nH]c3ccccc23)NC(=O)c2cc(C(C)C)no2)nc(C2CC2)n1. The maximum absolute atomic E-state index is 13.1. The molecule has 0 bridgehead atoms. The lowest BCUT2D eigenvalue weighted by Crippen LogP contribution is -2.30. The number of carbonyl (C=O) groups is 1. The summed E-state index contributed by atoms with van der Waals surface area (Å²) in [6.07, 6.45) is 4.77. The first-order chi connectivity index (χ1) is 16.0. The van der Waals surface area contributed by atoms with Crippen LogP contribution in [-0.4, -0.2) is 33.1 Å². The van der Waals surface area contributed by atoms with E-state index in [0.29, 0.717) is 12.3 Å². The average Bonchev–Trinajstić information content (AvgIpc) is 3.41. The second kappa shape index (κ2) is 8.69. The molecule has 1 atom stereocenters. The highest BCUT2D eigenvalue weighted by molar-refractivity contribution is 5.92. The molecule has 170 valence electrons. The van der Waals surface area contributed by atoms with Gasteiger partial charge in [0, 0.05) is 48.6 Å². The van der Waals surface area contributed by atoms with Gasteiger partial charge in [-0.3, -0.25) is 4.79 Å². The zero-order valence-electron chi connectivity index (χ0n) is 19.1. The van der Waals surface area contributed by atoms with Gasteiger partial charge in [-0.1, -0.05) is 37.2 Å². The topological polar surface area (TPSA) is 109 Å². The number of fused-ring (bicyclic) bond motifs is 1. The number of hydrogen-bond donors (Lipinski definition) is 3. The van der Waals surface area contributed by atoms with E-state index in [0.717, 1.165) is 52.3 Å². The zero-order chi connectivity index (χ0) is 22.9. The van der Waals surface area contributed by atoms with Crippen LogP contribution in [0.15, 0.2) is 47.1 Å². The molecule has 1 unspecified atom stereocenters. The van der Waals surface area contributed by atoms with Crippen molar-refractivity contribution in [2.24, 2.45) is 0 Å². The predicted octanol–water partition coefficient (Wildman–Crippen LogP) is 4.70. The van der Waals surface area contributed by atoms with Gasteiger partial charge in [0.2, 0.25) is 5.76 Å². The van der Waals surface area contributed by atoms with Gasteiger partial charge >= 0.3 is 0 Å². The largest absolute Gasteiger partial charge is 0.373 e. The summed E-state index contributed by atoms with van der Waals surface area (Å²) in [6, 6.07) is 11.4. The van der Waals surface area contributed by atoms with Crippen molar-refractivity contribution < 1.29 is 9.32 Å². The highest BCUT2D eigenvalue weighted by Gasteiger charge is 2.29. The van der Waals surface area contributed by atoms with Crippen molar-refractivity contribution in [1.29, 1.82) is 0 Å². The number of benzene rings is 1. The molecule has 5 rings (SSSR count). The third-order valence-corrected chi connectivity index (χ3v) is 6.07. The van der Waals surface area contributed by atoms with Crippen LogP contribution < -0.4 is 10.6 Å². The van der Waals surface area contributed by atoms with E-state index in [2.05, 4.69) is 31.8 Å². The summed E-state index contributed by atoms with van der Waals surface area (Å²) in [7, 11) is 1.85. The molecular weight excluding hydrogens is 416 g/mol. The molecule has 0 saturated heterocycles. The van der Waals surface area contributed by atoms with E-state index < -0.39 is 0 Å². The van der Waals surface area contributed by atoms with E-state index in [1.54, 1.807) is 6.07 Å². The molecule has 3 aromatic heterocycles. The fourth-order valence-electron chi connectivity index (χ4n) is 3.96. The molecule has 8 heteroatoms. The average molecular weight is 445 g/mol. The Morgan fingerprint density at radius 3 is 2.73 bits per heavy atom. The first-order valence-electron chi connectivity index (χ1n) is 11.4. The maximum Gasteiger partial charge on any atom is 0.290 e. The molecule has 1 aromatic carbocycles. The number of aromatic amines is 1. The number of H-pyrrole nitrogens is 1. The van der Waals surface area contributed by atoms with E-state index in [1.165, 1.54) is 0 Å². The maximum atomic E-state index is 13.1. The molecule has 33 heavy (non-hydrogen) atoms. The van der Waals surface area contributed by atoms with Gasteiger partial charge in [-0.2, -0.15) is 0 Å². The third-order valence-electron chi connectivity index (χ3n) is 6.07. The molecule has 1 aliphatic carbocycles. The van der Waals surface area contributed by atoms with Crippen molar-refractivity contribution in [3.8, 4) is 0 Å². The van der Waals surface area contributed by atoms with Gasteiger partial charge in [0.1, 0.15) is 11.6 Å². The molecule has 1 saturated carbocycles. The van der Waals surface area contributed by atoms with Crippen LogP contribution in [0.3, 0.4) is 0 Å². The summed E-state index contributed by atoms with van der Waals surface area (Å²) < 4.78 is 5.33. The summed E-state index contributed by atoms with van der Waals surface area (Å²) in [5.74, 6) is 2.05. The van der Waals surface area contributed by atoms with E-state index in [4.69, 9.17) is 9.51 Å². The highest BCUT2D eigenvalue weighted by atomic mass is 16.5. The monoisotopic (exact) mass is 444 g/mol. The van der Waals surface area contributed by atoms with Crippen molar-refractivity contribution in [2.75, 3.05) is 12.4 Å². The summed E-state index contributed by atoms with van der Waals surface area (Å²) in [5, 5.41) is 11.4. The zero-order valence-corrected chi connectivity index (χ0v) is 19.1. The third kappa shape index (κ3) is 4.46. The molecule has 3 heterocycles. The molecule has 4 aromatic rings. The minimum Gasteiger partial charge on any atom is -0.373 e. The van der Waals surface area contributed by atoms with Gasteiger partial charge in [0.25, 0.3) is 5.91 Å². The Kier molecular flexibility index (Phi) is 5.58. The lowest BCUT2D eigenvalue weighted by molar-refractivity contribution is 0.0898. The van der Waals surface area contributed by atoms with Crippen LogP contribution >= 0.6 is 0 Å². The molecule has 0 aliphatic heterocycles. The van der Waals surface area contributed by atoms with Crippen molar-refractivity contribution in [3.63, 3.8) is 0 Å². The van der Waals surface area contributed by atoms with Crippen molar-refractivity contribution in [2.45, 2.75) is 51.0 Å². The van der Waals surface area contributed by atoms with E-state index in [9.17, 15) is 4.79 Å². The minimum atomic E-state index is -0.364. The number of nitrogens with zero attached hydrogens (tertiary/aromatic N) is 3. The van der Waals surface area contributed by atoms with Crippen LogP contribution in [0.1, 0.15) is 77.9 Å². The lowest BCUT2D eigenvalue weighted by atomic mass is 10.0. The number of anilines is 1. The first kappa shape index (κ1) is 21.2. The fraction of sp³-hybridized carbons (Fsp3) is 0.360. The molecule has 1 amide bonds. The van der Waals surface area contributed by atoms with Crippen LogP contribution in [0.5, 0.6) is 0 Å². The Bertz CT molecular complexity index is 1290. The second-order valence-corrected chi connectivity index (χ2v) is 8.92. The van der Waals surface area contributed by atoms with Gasteiger partial charge in [0.15, 0.2) is 0 Å². The van der Waals surface area contributed by atoms with E-state index in [-0.39, 0.29) is 23.6 Å². The second-order valence-electron chi connectivity index (χ2n) is 8.92. The number of amides is 1. The molecule has 3 N–H and O–H groups in total. The summed E-state index contributed by atoms with van der Waals surface area (Å²) in [4.78, 5) is 25.9. The van der Waals surface area contributed by atoms with Crippen molar-refractivity contribution >= 4 is 22.6 Å². The first-order valence-corrected chi connectivity index (χ1v) is 11.4. The van der Waals surface area contributed by atoms with E-state index in [1.807, 2.05) is 51.4 Å². The Morgan fingerprint density at radius 1 is 1.18 bits per heavy atom. The molecule has 0 radical (unpaired) electrons. The van der Waals surface area contributed by atoms with Crippen molar-refractivity contribution in [1.82, 2.24) is 25.4 Å². The van der Waals surface area contributed by atoms with Crippen LogP contribution in [0.25, 0.3) is 10.9 Å². The standard InChI is InChI=1S/C25H28N6O2/c1-14(2)19-11-22(33-31-19)25(32)29-20(10-16-13-27-18-7-5-4-6-17(16)18)21-12-23(26-3)30-24(28-21)15-8-9-15/h4-7,11-15,20,27H,8-10H2,1-3H3,(H,29,32)(H,26,28,30). The number of para-hydroxylation sites is 1. The van der Waals surface area contributed by atoms with Gasteiger partial charge in [-0.25, -0.2) is 9.97 Å². The lowest BCUT2D eigenvalue weighted by Gasteiger charge is -2.19. The van der Waals surface area contributed by atoms with E-state index >= 15 is 0 Å². The van der Waals surface area contributed by atoms with Crippen LogP contribution in [0.2, 0.25) is 0 Å². The number of aromatic nitrogens is 4. The summed E-state index contributed by atoms with van der Waals surface area (Å²) >= 11 is 0. The Labute approximate surface area is 192 Å². The number of carbonyl (C=O) groups excluding carboxylic acids is 1. The number of nitrogens with one attached hydrogen (secondary N) is 3. The number of hydrogen-bond acceptors (Lipinski definition) is 6. The quantitative estimate of drug-likeness (QED) is 0.363. The number of rotatable bonds is 8. The van der Waals surface area contributed by atoms with Gasteiger partial charge in [-0.05, 0) is 30.4 Å². The normalized spacial score (nSPS) is 14.5. The van der Waals surface area contributed by atoms with Crippen LogP contribution in [0.4, 0.5) is 5.82 Å². The molecule has 8 nitrogen and oxygen atoms in total. The summed E-state index contributed by atoms with van der Waals surface area (Å²) in [6.45, 7) is 4.03. The predicted molar refractivity (Wildman–Crippen MR) is 126 cm³/mol. The Hall–Kier alpha value is -3.68. The van der Waals surface area contributed by atoms with Gasteiger partial charge < -0.3 is 20.1 Å². The van der Waals surface area contributed by atoms with Crippen molar-refractivity contribution in [3.05, 3.63) is 71.1 Å². The van der Waals surface area contributed by atoms with Gasteiger partial charge in [0.05, 0.1) is 17.4 Å². The molecule has 0 spiro atoms. The summed E-state index contributed by atoms with van der Waals surface area (Å²) in [5.41, 5.74) is 3.70. The molecular formula is C25H28N6O2. The molecule has 1 fully saturated rings. The Morgan fingerprint density at radius 2 is 2.00 bits per heavy atom. The minimum absolute atomic E-state index is 0.179. The van der Waals surface area contributed by atoms with Crippen LogP contribution in [0, 0.1) is 0 Å². The van der Waals surface area contributed by atoms with Crippen LogP contribution in [-0.2, 0) is 6.42 Å². The smallest absolute Gasteiger partial charge is 0.290 e. The Balaban J connectivity index is 1.50.